The third kappa shape index (κ3) is 3.65. The van der Waals surface area contributed by atoms with Crippen LogP contribution in [0, 0.1) is 5.92 Å². The Labute approximate surface area is 84.2 Å². The van der Waals surface area contributed by atoms with Gasteiger partial charge in [-0.15, -0.1) is 0 Å². The maximum Gasteiger partial charge on any atom is 0.304 e. The van der Waals surface area contributed by atoms with Gasteiger partial charge in [-0.25, -0.2) is 8.42 Å². The van der Waals surface area contributed by atoms with Crippen molar-refractivity contribution in [3.63, 3.8) is 0 Å². The highest BCUT2D eigenvalue weighted by Gasteiger charge is 2.27. The summed E-state index contributed by atoms with van der Waals surface area (Å²) in [6.07, 6.45) is 2.67. The lowest BCUT2D eigenvalue weighted by Crippen LogP contribution is -2.24. The Balaban J connectivity index is 2.40. The molecule has 1 rings (SSSR count). The van der Waals surface area contributed by atoms with Gasteiger partial charge in [0.05, 0.1) is 17.4 Å². The quantitative estimate of drug-likeness (QED) is 0.726. The Morgan fingerprint density at radius 2 is 2.07 bits per heavy atom. The van der Waals surface area contributed by atoms with Crippen molar-refractivity contribution in [1.29, 1.82) is 0 Å². The van der Waals surface area contributed by atoms with E-state index in [-0.39, 0.29) is 12.2 Å². The SMILES string of the molecule is CC(CC(=O)O)S(=O)(=O)CCC1CC1. The summed E-state index contributed by atoms with van der Waals surface area (Å²) in [4.78, 5) is 10.3. The van der Waals surface area contributed by atoms with Crippen molar-refractivity contribution in [2.24, 2.45) is 5.92 Å². The Morgan fingerprint density at radius 1 is 1.50 bits per heavy atom. The van der Waals surface area contributed by atoms with E-state index in [1.807, 2.05) is 0 Å². The molecule has 14 heavy (non-hydrogen) atoms. The number of carboxylic acid groups (broad SMARTS) is 1. The molecule has 1 aliphatic carbocycles. The van der Waals surface area contributed by atoms with Gasteiger partial charge in [-0.2, -0.15) is 0 Å². The van der Waals surface area contributed by atoms with Crippen molar-refractivity contribution in [1.82, 2.24) is 0 Å². The van der Waals surface area contributed by atoms with E-state index >= 15 is 0 Å². The summed E-state index contributed by atoms with van der Waals surface area (Å²) in [6, 6.07) is 0. The second-order valence-electron chi connectivity index (χ2n) is 4.01. The van der Waals surface area contributed by atoms with Gasteiger partial charge < -0.3 is 5.11 Å². The van der Waals surface area contributed by atoms with E-state index in [4.69, 9.17) is 5.11 Å². The van der Waals surface area contributed by atoms with Crippen LogP contribution in [0.4, 0.5) is 0 Å². The molecule has 0 aromatic carbocycles. The van der Waals surface area contributed by atoms with Gasteiger partial charge in [-0.05, 0) is 19.3 Å². The number of rotatable bonds is 6. The largest absolute Gasteiger partial charge is 0.481 e. The monoisotopic (exact) mass is 220 g/mol. The molecule has 1 atom stereocenters. The highest BCUT2D eigenvalue weighted by Crippen LogP contribution is 2.33. The molecule has 4 nitrogen and oxygen atoms in total. The molecule has 1 unspecified atom stereocenters. The lowest BCUT2D eigenvalue weighted by molar-refractivity contribution is -0.136. The maximum absolute atomic E-state index is 11.5. The van der Waals surface area contributed by atoms with Crippen LogP contribution in [0.2, 0.25) is 0 Å². The van der Waals surface area contributed by atoms with E-state index in [0.29, 0.717) is 12.3 Å². The number of aliphatic carboxylic acids is 1. The molecule has 0 spiro atoms. The number of sulfone groups is 1. The first-order valence-electron chi connectivity index (χ1n) is 4.85. The first-order chi connectivity index (χ1) is 6.42. The predicted molar refractivity (Wildman–Crippen MR) is 52.8 cm³/mol. The molecular weight excluding hydrogens is 204 g/mol. The molecule has 0 aliphatic heterocycles. The van der Waals surface area contributed by atoms with Gasteiger partial charge in [-0.3, -0.25) is 4.79 Å². The van der Waals surface area contributed by atoms with Gasteiger partial charge in [-0.1, -0.05) is 12.8 Å². The second-order valence-corrected chi connectivity index (χ2v) is 6.55. The van der Waals surface area contributed by atoms with Crippen LogP contribution in [0.15, 0.2) is 0 Å². The van der Waals surface area contributed by atoms with Crippen molar-refractivity contribution in [3.05, 3.63) is 0 Å². The van der Waals surface area contributed by atoms with E-state index in [9.17, 15) is 13.2 Å². The van der Waals surface area contributed by atoms with E-state index in [0.717, 1.165) is 12.8 Å². The molecule has 0 aromatic rings. The average molecular weight is 220 g/mol. The molecule has 1 N–H and O–H groups in total. The third-order valence-corrected chi connectivity index (χ3v) is 4.78. The lowest BCUT2D eigenvalue weighted by Gasteiger charge is -2.09. The predicted octanol–water partition coefficient (Wildman–Crippen LogP) is 1.06. The molecule has 1 saturated carbocycles. The van der Waals surface area contributed by atoms with Gasteiger partial charge >= 0.3 is 5.97 Å². The zero-order chi connectivity index (χ0) is 10.8. The molecule has 0 radical (unpaired) electrons. The fourth-order valence-corrected chi connectivity index (χ4v) is 2.77. The van der Waals surface area contributed by atoms with Crippen LogP contribution >= 0.6 is 0 Å². The normalized spacial score (nSPS) is 19.2. The van der Waals surface area contributed by atoms with E-state index in [1.165, 1.54) is 6.92 Å². The van der Waals surface area contributed by atoms with E-state index < -0.39 is 21.1 Å². The van der Waals surface area contributed by atoms with Crippen LogP contribution in [0.1, 0.15) is 32.6 Å². The minimum absolute atomic E-state index is 0.145. The van der Waals surface area contributed by atoms with Gasteiger partial charge in [0.25, 0.3) is 0 Å². The molecular formula is C9H16O4S. The fraction of sp³-hybridized carbons (Fsp3) is 0.889. The zero-order valence-corrected chi connectivity index (χ0v) is 9.09. The van der Waals surface area contributed by atoms with Crippen LogP contribution in [0.3, 0.4) is 0 Å². The van der Waals surface area contributed by atoms with Gasteiger partial charge in [0.15, 0.2) is 9.84 Å². The summed E-state index contributed by atoms with van der Waals surface area (Å²) in [5, 5.41) is 7.72. The Bertz CT molecular complexity index is 303. The molecule has 0 amide bonds. The first kappa shape index (κ1) is 11.5. The minimum Gasteiger partial charge on any atom is -0.481 e. The second kappa shape index (κ2) is 4.29. The number of carboxylic acids is 1. The van der Waals surface area contributed by atoms with Crippen LogP contribution in [0.5, 0.6) is 0 Å². The minimum atomic E-state index is -3.19. The molecule has 0 saturated heterocycles. The zero-order valence-electron chi connectivity index (χ0n) is 8.27. The summed E-state index contributed by atoms with van der Waals surface area (Å²) in [5.41, 5.74) is 0. The standard InChI is InChI=1S/C9H16O4S/c1-7(6-9(10)11)14(12,13)5-4-8-2-3-8/h7-8H,2-6H2,1H3,(H,10,11). The Morgan fingerprint density at radius 3 is 2.50 bits per heavy atom. The first-order valence-corrected chi connectivity index (χ1v) is 6.56. The van der Waals surface area contributed by atoms with Gasteiger partial charge in [0, 0.05) is 0 Å². The van der Waals surface area contributed by atoms with E-state index in [2.05, 4.69) is 0 Å². The van der Waals surface area contributed by atoms with E-state index in [1.54, 1.807) is 0 Å². The number of hydrogen-bond donors (Lipinski definition) is 1. The highest BCUT2D eigenvalue weighted by atomic mass is 32.2. The van der Waals surface area contributed by atoms with Crippen molar-refractivity contribution < 1.29 is 18.3 Å². The van der Waals surface area contributed by atoms with Gasteiger partial charge in [0.1, 0.15) is 0 Å². The Kier molecular flexibility index (Phi) is 3.53. The lowest BCUT2D eigenvalue weighted by atomic mass is 10.3. The molecule has 0 heterocycles. The molecule has 0 aromatic heterocycles. The summed E-state index contributed by atoms with van der Waals surface area (Å²) in [5.74, 6) is -0.333. The fourth-order valence-electron chi connectivity index (χ4n) is 1.31. The third-order valence-electron chi connectivity index (χ3n) is 2.58. The summed E-state index contributed by atoms with van der Waals surface area (Å²) in [6.45, 7) is 1.47. The Hall–Kier alpha value is -0.580. The smallest absolute Gasteiger partial charge is 0.304 e. The number of hydrogen-bond acceptors (Lipinski definition) is 3. The topological polar surface area (TPSA) is 71.4 Å². The highest BCUT2D eigenvalue weighted by molar-refractivity contribution is 7.92. The van der Waals surface area contributed by atoms with Crippen LogP contribution in [-0.4, -0.2) is 30.5 Å². The van der Waals surface area contributed by atoms with Crippen molar-refractivity contribution in [2.75, 3.05) is 5.75 Å². The molecule has 5 heteroatoms. The molecule has 0 bridgehead atoms. The maximum atomic E-state index is 11.5. The summed E-state index contributed by atoms with van der Waals surface area (Å²) < 4.78 is 23.1. The average Bonchev–Trinajstić information content (AvgIpc) is 2.82. The number of carbonyl (C=O) groups is 1. The van der Waals surface area contributed by atoms with Gasteiger partial charge in [0.2, 0.25) is 0 Å². The molecule has 82 valence electrons. The summed E-state index contributed by atoms with van der Waals surface area (Å²) >= 11 is 0. The van der Waals surface area contributed by atoms with Crippen LogP contribution in [-0.2, 0) is 14.6 Å². The van der Waals surface area contributed by atoms with Crippen molar-refractivity contribution in [3.8, 4) is 0 Å². The van der Waals surface area contributed by atoms with Crippen LogP contribution in [0.25, 0.3) is 0 Å². The molecule has 1 aliphatic rings. The van der Waals surface area contributed by atoms with Crippen LogP contribution < -0.4 is 0 Å². The molecule has 1 fully saturated rings. The van der Waals surface area contributed by atoms with Crippen molar-refractivity contribution >= 4 is 15.8 Å². The van der Waals surface area contributed by atoms with Crippen molar-refractivity contribution in [2.45, 2.75) is 37.9 Å². The summed E-state index contributed by atoms with van der Waals surface area (Å²) in [7, 11) is -3.19.